The number of aliphatic hydroxyl groups excluding tert-OH is 1. The summed E-state index contributed by atoms with van der Waals surface area (Å²) in [6, 6.07) is 6.52. The minimum absolute atomic E-state index is 0.280. The van der Waals surface area contributed by atoms with Gasteiger partial charge >= 0.3 is 5.97 Å². The SMILES string of the molecule is C=COCc1ccc(C(=O)O)cc1.OCC1CCCCC1. The first-order valence-corrected chi connectivity index (χ1v) is 7.33. The molecule has 0 atom stereocenters. The van der Waals surface area contributed by atoms with Gasteiger partial charge in [0.05, 0.1) is 11.8 Å². The van der Waals surface area contributed by atoms with E-state index in [-0.39, 0.29) is 5.56 Å². The molecule has 1 fully saturated rings. The molecule has 2 N–H and O–H groups in total. The molecule has 0 radical (unpaired) electrons. The molecule has 0 heterocycles. The monoisotopic (exact) mass is 292 g/mol. The molecule has 0 unspecified atom stereocenters. The van der Waals surface area contributed by atoms with Crippen molar-refractivity contribution < 1.29 is 19.7 Å². The van der Waals surface area contributed by atoms with Crippen LogP contribution in [0.4, 0.5) is 0 Å². The second-order valence-electron chi connectivity index (χ2n) is 5.17. The summed E-state index contributed by atoms with van der Waals surface area (Å²) in [6.07, 6.45) is 7.94. The van der Waals surface area contributed by atoms with Gasteiger partial charge in [0.25, 0.3) is 0 Å². The fourth-order valence-corrected chi connectivity index (χ4v) is 2.27. The molecular weight excluding hydrogens is 268 g/mol. The third-order valence-electron chi connectivity index (χ3n) is 3.55. The first-order valence-electron chi connectivity index (χ1n) is 7.33. The summed E-state index contributed by atoms with van der Waals surface area (Å²) in [7, 11) is 0. The molecule has 0 aromatic heterocycles. The first-order chi connectivity index (χ1) is 10.2. The van der Waals surface area contributed by atoms with E-state index in [9.17, 15) is 4.79 Å². The molecule has 0 aliphatic heterocycles. The lowest BCUT2D eigenvalue weighted by Crippen LogP contribution is -2.09. The van der Waals surface area contributed by atoms with Gasteiger partial charge in [0.1, 0.15) is 6.61 Å². The Kier molecular flexibility index (Phi) is 8.21. The van der Waals surface area contributed by atoms with Crippen LogP contribution in [0, 0.1) is 5.92 Å². The predicted octanol–water partition coefficient (Wildman–Crippen LogP) is 3.60. The van der Waals surface area contributed by atoms with Crippen LogP contribution >= 0.6 is 0 Å². The molecule has 0 spiro atoms. The molecule has 2 rings (SSSR count). The largest absolute Gasteiger partial charge is 0.497 e. The summed E-state index contributed by atoms with van der Waals surface area (Å²) in [6.45, 7) is 4.24. The lowest BCUT2D eigenvalue weighted by molar-refractivity contribution is 0.0697. The summed E-state index contributed by atoms with van der Waals surface area (Å²) in [5, 5.41) is 17.3. The van der Waals surface area contributed by atoms with Crippen molar-refractivity contribution in [1.29, 1.82) is 0 Å². The Hall–Kier alpha value is -1.81. The van der Waals surface area contributed by atoms with Gasteiger partial charge in [-0.15, -0.1) is 0 Å². The first kappa shape index (κ1) is 17.2. The number of carboxylic acid groups (broad SMARTS) is 1. The van der Waals surface area contributed by atoms with Crippen molar-refractivity contribution in [2.75, 3.05) is 6.61 Å². The number of rotatable bonds is 5. The lowest BCUT2D eigenvalue weighted by atomic mass is 9.90. The van der Waals surface area contributed by atoms with Crippen LogP contribution in [0.5, 0.6) is 0 Å². The number of ether oxygens (including phenoxy) is 1. The van der Waals surface area contributed by atoms with Gasteiger partial charge in [-0.05, 0) is 36.5 Å². The van der Waals surface area contributed by atoms with Gasteiger partial charge in [-0.25, -0.2) is 4.79 Å². The third-order valence-corrected chi connectivity index (χ3v) is 3.55. The quantitative estimate of drug-likeness (QED) is 0.814. The lowest BCUT2D eigenvalue weighted by Gasteiger charge is -2.18. The maximum atomic E-state index is 10.5. The Morgan fingerprint density at radius 2 is 1.86 bits per heavy atom. The number of hydrogen-bond acceptors (Lipinski definition) is 3. The van der Waals surface area contributed by atoms with E-state index in [0.29, 0.717) is 19.1 Å². The summed E-state index contributed by atoms with van der Waals surface area (Å²) in [4.78, 5) is 10.5. The van der Waals surface area contributed by atoms with Gasteiger partial charge in [-0.3, -0.25) is 0 Å². The molecule has 1 saturated carbocycles. The predicted molar refractivity (Wildman–Crippen MR) is 82.0 cm³/mol. The van der Waals surface area contributed by atoms with Crippen LogP contribution in [0.1, 0.15) is 48.0 Å². The number of aromatic carboxylic acids is 1. The van der Waals surface area contributed by atoms with Gasteiger partial charge in [0.2, 0.25) is 0 Å². The van der Waals surface area contributed by atoms with Gasteiger partial charge in [-0.2, -0.15) is 0 Å². The van der Waals surface area contributed by atoms with Gasteiger partial charge in [0, 0.05) is 6.61 Å². The average Bonchev–Trinajstić information content (AvgIpc) is 2.54. The van der Waals surface area contributed by atoms with E-state index in [2.05, 4.69) is 6.58 Å². The molecule has 4 heteroatoms. The normalized spacial score (nSPS) is 14.7. The van der Waals surface area contributed by atoms with Crippen LogP contribution in [0.3, 0.4) is 0 Å². The smallest absolute Gasteiger partial charge is 0.335 e. The minimum Gasteiger partial charge on any atom is -0.497 e. The number of aliphatic hydroxyl groups is 1. The standard InChI is InChI=1S/C10H10O3.C7H14O/c1-2-13-7-8-3-5-9(6-4-8)10(11)12;8-6-7-4-2-1-3-5-7/h2-6H,1,7H2,(H,11,12);7-8H,1-6H2. The maximum absolute atomic E-state index is 10.5. The Morgan fingerprint density at radius 1 is 1.24 bits per heavy atom. The molecular formula is C17H24O4. The van der Waals surface area contributed by atoms with E-state index in [1.54, 1.807) is 24.3 Å². The Balaban J connectivity index is 0.000000235. The van der Waals surface area contributed by atoms with Gasteiger partial charge < -0.3 is 14.9 Å². The highest BCUT2D eigenvalue weighted by molar-refractivity contribution is 5.87. The molecule has 1 aliphatic rings. The Morgan fingerprint density at radius 3 is 2.29 bits per heavy atom. The second kappa shape index (κ2) is 10.00. The summed E-state index contributed by atoms with van der Waals surface area (Å²) in [5.74, 6) is -0.278. The fourth-order valence-electron chi connectivity index (χ4n) is 2.27. The van der Waals surface area contributed by atoms with Crippen LogP contribution in [0.25, 0.3) is 0 Å². The number of benzene rings is 1. The van der Waals surface area contributed by atoms with Crippen LogP contribution in [-0.4, -0.2) is 22.8 Å². The van der Waals surface area contributed by atoms with Crippen molar-refractivity contribution in [2.45, 2.75) is 38.7 Å². The van der Waals surface area contributed by atoms with Crippen LogP contribution in [0.2, 0.25) is 0 Å². The van der Waals surface area contributed by atoms with E-state index in [4.69, 9.17) is 14.9 Å². The number of hydrogen-bond donors (Lipinski definition) is 2. The van der Waals surface area contributed by atoms with Gasteiger partial charge in [-0.1, -0.05) is 38.0 Å². The fraction of sp³-hybridized carbons (Fsp3) is 0.471. The average molecular weight is 292 g/mol. The van der Waals surface area contributed by atoms with Gasteiger partial charge in [0.15, 0.2) is 0 Å². The third kappa shape index (κ3) is 6.95. The minimum atomic E-state index is -0.920. The molecule has 0 saturated heterocycles. The zero-order valence-electron chi connectivity index (χ0n) is 12.3. The van der Waals surface area contributed by atoms with Crippen molar-refractivity contribution in [2.24, 2.45) is 5.92 Å². The Labute approximate surface area is 126 Å². The number of carboxylic acids is 1. The highest BCUT2D eigenvalue weighted by Gasteiger charge is 2.10. The molecule has 1 aromatic rings. The van der Waals surface area contributed by atoms with E-state index in [1.807, 2.05) is 0 Å². The zero-order chi connectivity index (χ0) is 15.5. The van der Waals surface area contributed by atoms with Crippen molar-refractivity contribution >= 4 is 5.97 Å². The zero-order valence-corrected chi connectivity index (χ0v) is 12.3. The molecule has 0 amide bonds. The summed E-state index contributed by atoms with van der Waals surface area (Å²) < 4.78 is 4.94. The molecule has 21 heavy (non-hydrogen) atoms. The highest BCUT2D eigenvalue weighted by Crippen LogP contribution is 2.22. The molecule has 0 bridgehead atoms. The topological polar surface area (TPSA) is 66.8 Å². The molecule has 1 aromatic carbocycles. The highest BCUT2D eigenvalue weighted by atomic mass is 16.5. The molecule has 4 nitrogen and oxygen atoms in total. The van der Waals surface area contributed by atoms with Crippen LogP contribution in [-0.2, 0) is 11.3 Å². The van der Waals surface area contributed by atoms with Crippen LogP contribution in [0.15, 0.2) is 37.1 Å². The molecule has 116 valence electrons. The summed E-state index contributed by atoms with van der Waals surface area (Å²) >= 11 is 0. The Bertz CT molecular complexity index is 419. The van der Waals surface area contributed by atoms with E-state index < -0.39 is 5.97 Å². The van der Waals surface area contributed by atoms with Crippen LogP contribution < -0.4 is 0 Å². The van der Waals surface area contributed by atoms with Crippen molar-refractivity contribution in [3.63, 3.8) is 0 Å². The van der Waals surface area contributed by atoms with Crippen molar-refractivity contribution in [1.82, 2.24) is 0 Å². The number of carbonyl (C=O) groups is 1. The summed E-state index contributed by atoms with van der Waals surface area (Å²) in [5.41, 5.74) is 1.20. The van der Waals surface area contributed by atoms with E-state index in [1.165, 1.54) is 38.4 Å². The second-order valence-corrected chi connectivity index (χ2v) is 5.17. The van der Waals surface area contributed by atoms with Crippen molar-refractivity contribution in [3.8, 4) is 0 Å². The van der Waals surface area contributed by atoms with E-state index >= 15 is 0 Å². The van der Waals surface area contributed by atoms with E-state index in [0.717, 1.165) is 5.56 Å². The maximum Gasteiger partial charge on any atom is 0.335 e. The molecule has 1 aliphatic carbocycles. The van der Waals surface area contributed by atoms with Crippen molar-refractivity contribution in [3.05, 3.63) is 48.2 Å².